The molecule has 0 bridgehead atoms. The standard InChI is InChI=1S/C22H19F5N4O2S.H2O.H2/c1-21(6-3-7-34(21)33)17-11-31(12-29-17)20-16(23)9-14(10-28-20)30-18(32)8-13-4-2-5-15(19(13)24)22(25,26)27;;/h2,4-5,9-12H,3,6-8H2,1H3,(H,30,32);1H2;1H. The third-order valence-corrected chi connectivity index (χ3v) is 7.77. The molecule has 3 N–H and O–H groups in total. The molecule has 1 fully saturated rings. The number of benzene rings is 1. The number of imidazole rings is 1. The van der Waals surface area contributed by atoms with Crippen LogP contribution >= 0.6 is 0 Å². The van der Waals surface area contributed by atoms with E-state index in [0.717, 1.165) is 30.8 Å². The van der Waals surface area contributed by atoms with Crippen molar-refractivity contribution < 1.29 is 37.9 Å². The average molecular weight is 519 g/mol. The van der Waals surface area contributed by atoms with Crippen molar-refractivity contribution in [3.8, 4) is 5.82 Å². The number of nitrogens with zero attached hydrogens (tertiary/aromatic N) is 3. The molecule has 7 nitrogen and oxygen atoms in total. The summed E-state index contributed by atoms with van der Waals surface area (Å²) in [7, 11) is -1.09. The summed E-state index contributed by atoms with van der Waals surface area (Å²) < 4.78 is 80.5. The highest BCUT2D eigenvalue weighted by Crippen LogP contribution is 2.38. The minimum absolute atomic E-state index is 0. The van der Waals surface area contributed by atoms with E-state index in [-0.39, 0.29) is 18.4 Å². The predicted molar refractivity (Wildman–Crippen MR) is 120 cm³/mol. The Bertz CT molecular complexity index is 1290. The quantitative estimate of drug-likeness (QED) is 0.517. The van der Waals surface area contributed by atoms with Gasteiger partial charge in [0, 0.05) is 30.2 Å². The highest BCUT2D eigenvalue weighted by atomic mass is 32.2. The van der Waals surface area contributed by atoms with Gasteiger partial charge in [0.15, 0.2) is 11.6 Å². The number of rotatable bonds is 5. The molecular formula is C22H23F5N4O3S. The van der Waals surface area contributed by atoms with Crippen LogP contribution in [-0.2, 0) is 32.9 Å². The van der Waals surface area contributed by atoms with Crippen molar-refractivity contribution in [3.63, 3.8) is 0 Å². The molecule has 1 aliphatic rings. The molecule has 0 aliphatic carbocycles. The fraction of sp³-hybridized carbons (Fsp3) is 0.318. The summed E-state index contributed by atoms with van der Waals surface area (Å²) in [6, 6.07) is 3.64. The zero-order chi connectivity index (χ0) is 24.7. The molecule has 1 saturated heterocycles. The number of amides is 1. The second kappa shape index (κ2) is 9.82. The number of hydrogen-bond donors (Lipinski definition) is 1. The van der Waals surface area contributed by atoms with E-state index in [1.54, 1.807) is 6.20 Å². The van der Waals surface area contributed by atoms with Crippen LogP contribution in [0.15, 0.2) is 43.0 Å². The van der Waals surface area contributed by atoms with E-state index in [4.69, 9.17) is 0 Å². The smallest absolute Gasteiger partial charge is 0.412 e. The highest BCUT2D eigenvalue weighted by Gasteiger charge is 2.40. The second-order valence-corrected chi connectivity index (χ2v) is 10.1. The number of hydrogen-bond acceptors (Lipinski definition) is 4. The van der Waals surface area contributed by atoms with Crippen LogP contribution in [0.1, 0.15) is 38.0 Å². The number of nitrogens with one attached hydrogen (secondary N) is 1. The van der Waals surface area contributed by atoms with Crippen molar-refractivity contribution in [1.82, 2.24) is 14.5 Å². The molecule has 2 aromatic heterocycles. The lowest BCUT2D eigenvalue weighted by molar-refractivity contribution is -0.140. The Hall–Kier alpha value is -3.19. The van der Waals surface area contributed by atoms with E-state index in [1.807, 2.05) is 6.92 Å². The van der Waals surface area contributed by atoms with Gasteiger partial charge in [0.1, 0.15) is 12.1 Å². The Morgan fingerprint density at radius 2 is 2.03 bits per heavy atom. The Balaban J connectivity index is 0.00000228. The molecule has 13 heteroatoms. The Morgan fingerprint density at radius 1 is 1.29 bits per heavy atom. The molecule has 35 heavy (non-hydrogen) atoms. The van der Waals surface area contributed by atoms with Gasteiger partial charge in [-0.05, 0) is 31.4 Å². The molecule has 190 valence electrons. The number of aromatic nitrogens is 3. The van der Waals surface area contributed by atoms with Crippen molar-refractivity contribution in [2.45, 2.75) is 37.1 Å². The first-order valence-corrected chi connectivity index (χ1v) is 11.5. The number of carbonyl (C=O) groups is 1. The summed E-state index contributed by atoms with van der Waals surface area (Å²) in [6.07, 6.45) is 0.00927. The maximum Gasteiger partial charge on any atom is 0.419 e. The van der Waals surface area contributed by atoms with Gasteiger partial charge in [-0.25, -0.2) is 18.7 Å². The lowest BCUT2D eigenvalue weighted by atomic mass is 10.0. The first kappa shape index (κ1) is 26.4. The second-order valence-electron chi connectivity index (χ2n) is 8.08. The van der Waals surface area contributed by atoms with E-state index < -0.39 is 56.8 Å². The molecule has 2 atom stereocenters. The molecule has 1 amide bonds. The van der Waals surface area contributed by atoms with Crippen molar-refractivity contribution in [3.05, 3.63) is 71.4 Å². The van der Waals surface area contributed by atoms with Crippen molar-refractivity contribution >= 4 is 22.4 Å². The summed E-state index contributed by atoms with van der Waals surface area (Å²) in [4.78, 5) is 20.5. The maximum absolute atomic E-state index is 14.7. The summed E-state index contributed by atoms with van der Waals surface area (Å²) in [5.41, 5.74) is -1.40. The Labute approximate surface area is 200 Å². The largest absolute Gasteiger partial charge is 0.419 e. The normalized spacial score (nSPS) is 19.9. The van der Waals surface area contributed by atoms with Gasteiger partial charge in [-0.1, -0.05) is 12.1 Å². The topological polar surface area (TPSA) is 108 Å². The van der Waals surface area contributed by atoms with Crippen LogP contribution in [0.5, 0.6) is 0 Å². The first-order chi connectivity index (χ1) is 16.0. The van der Waals surface area contributed by atoms with Gasteiger partial charge in [-0.2, -0.15) is 13.2 Å². The average Bonchev–Trinajstić information content (AvgIpc) is 3.37. The van der Waals surface area contributed by atoms with Crippen LogP contribution in [0, 0.1) is 11.6 Å². The number of pyridine rings is 1. The van der Waals surface area contributed by atoms with Crippen molar-refractivity contribution in [2.75, 3.05) is 11.1 Å². The van der Waals surface area contributed by atoms with Crippen LogP contribution in [-0.4, -0.2) is 35.9 Å². The van der Waals surface area contributed by atoms with Crippen molar-refractivity contribution in [1.29, 1.82) is 0 Å². The number of alkyl halides is 3. The highest BCUT2D eigenvalue weighted by molar-refractivity contribution is 7.86. The van der Waals surface area contributed by atoms with Gasteiger partial charge in [-0.3, -0.25) is 13.6 Å². The third-order valence-electron chi connectivity index (χ3n) is 5.70. The van der Waals surface area contributed by atoms with E-state index in [0.29, 0.717) is 23.9 Å². The minimum Gasteiger partial charge on any atom is -0.412 e. The van der Waals surface area contributed by atoms with Crippen molar-refractivity contribution in [2.24, 2.45) is 0 Å². The molecule has 0 saturated carbocycles. The summed E-state index contributed by atoms with van der Waals surface area (Å²) in [5.74, 6) is -2.70. The van der Waals surface area contributed by atoms with E-state index >= 15 is 0 Å². The van der Waals surface area contributed by atoms with Crippen LogP contribution < -0.4 is 5.32 Å². The van der Waals surface area contributed by atoms with E-state index in [9.17, 15) is 31.0 Å². The summed E-state index contributed by atoms with van der Waals surface area (Å²) >= 11 is 0. The van der Waals surface area contributed by atoms with Crippen LogP contribution in [0.25, 0.3) is 5.82 Å². The van der Waals surface area contributed by atoms with Gasteiger partial charge >= 0.3 is 6.18 Å². The fourth-order valence-electron chi connectivity index (χ4n) is 3.84. The van der Waals surface area contributed by atoms with E-state index in [1.165, 1.54) is 10.9 Å². The zero-order valence-corrected chi connectivity index (χ0v) is 19.1. The zero-order valence-electron chi connectivity index (χ0n) is 18.3. The van der Waals surface area contributed by atoms with Crippen LogP contribution in [0.4, 0.5) is 27.6 Å². The van der Waals surface area contributed by atoms with E-state index in [2.05, 4.69) is 15.3 Å². The lowest BCUT2D eigenvalue weighted by Crippen LogP contribution is -2.23. The third kappa shape index (κ3) is 5.25. The fourth-order valence-corrected chi connectivity index (χ4v) is 5.41. The summed E-state index contributed by atoms with van der Waals surface area (Å²) in [6.45, 7) is 1.85. The molecule has 0 spiro atoms. The van der Waals surface area contributed by atoms with Gasteiger partial charge < -0.3 is 10.8 Å². The van der Waals surface area contributed by atoms with Gasteiger partial charge in [0.2, 0.25) is 5.91 Å². The molecule has 3 heterocycles. The maximum atomic E-state index is 14.7. The minimum atomic E-state index is -4.89. The molecule has 0 radical (unpaired) electrons. The van der Waals surface area contributed by atoms with Crippen LogP contribution in [0.3, 0.4) is 0 Å². The first-order valence-electron chi connectivity index (χ1n) is 10.2. The predicted octanol–water partition coefficient (Wildman–Crippen LogP) is 3.92. The number of anilines is 1. The Kier molecular flexibility index (Phi) is 7.41. The number of halogens is 5. The SMILES string of the molecule is CC1(c2cn(-c3ncc(NC(=O)Cc4cccc(C(F)(F)F)c4F)cc3F)cn2)CCCS1=O.O.[HH]. The molecule has 2 unspecified atom stereocenters. The molecule has 4 rings (SSSR count). The molecule has 3 aromatic rings. The van der Waals surface area contributed by atoms with Crippen LogP contribution in [0.2, 0.25) is 0 Å². The van der Waals surface area contributed by atoms with Gasteiger partial charge in [0.25, 0.3) is 0 Å². The van der Waals surface area contributed by atoms with Gasteiger partial charge in [-0.15, -0.1) is 0 Å². The summed E-state index contributed by atoms with van der Waals surface area (Å²) in [5, 5.41) is 2.30. The molecule has 1 aromatic carbocycles. The molecular weight excluding hydrogens is 495 g/mol. The number of carbonyl (C=O) groups excluding carboxylic acids is 1. The lowest BCUT2D eigenvalue weighted by Gasteiger charge is -2.19. The van der Waals surface area contributed by atoms with Gasteiger partial charge in [0.05, 0.1) is 34.3 Å². The monoisotopic (exact) mass is 518 g/mol. The Morgan fingerprint density at radius 3 is 2.66 bits per heavy atom. The molecule has 1 aliphatic heterocycles.